The Morgan fingerprint density at radius 3 is 2.13 bits per heavy atom. The lowest BCUT2D eigenvalue weighted by molar-refractivity contribution is 0.578. The first-order chi connectivity index (χ1) is 7.00. The Balaban J connectivity index is 2.41. The van der Waals surface area contributed by atoms with E-state index >= 15 is 0 Å². The van der Waals surface area contributed by atoms with Gasteiger partial charge in [-0.25, -0.2) is 0 Å². The molecule has 1 aliphatic carbocycles. The summed E-state index contributed by atoms with van der Waals surface area (Å²) in [6, 6.07) is 6.64. The monoisotopic (exact) mass is 266 g/mol. The second-order valence-corrected chi connectivity index (χ2v) is 6.01. The quantitative estimate of drug-likeness (QED) is 0.695. The summed E-state index contributed by atoms with van der Waals surface area (Å²) in [5.41, 5.74) is 4.97. The van der Waals surface area contributed by atoms with E-state index in [1.807, 2.05) is 0 Å². The van der Waals surface area contributed by atoms with Crippen molar-refractivity contribution in [1.82, 2.24) is 0 Å². The van der Waals surface area contributed by atoms with Crippen LogP contribution in [0.5, 0.6) is 0 Å². The van der Waals surface area contributed by atoms with Crippen LogP contribution in [0.3, 0.4) is 0 Å². The van der Waals surface area contributed by atoms with E-state index in [-0.39, 0.29) is 0 Å². The molecule has 0 N–H and O–H groups in total. The van der Waals surface area contributed by atoms with Crippen LogP contribution in [0.25, 0.3) is 0 Å². The van der Waals surface area contributed by atoms with Gasteiger partial charge in [0.1, 0.15) is 0 Å². The fraction of sp³-hybridized carbons (Fsp3) is 0.571. The number of halogens is 1. The van der Waals surface area contributed by atoms with Crippen LogP contribution < -0.4 is 0 Å². The van der Waals surface area contributed by atoms with Crippen LogP contribution in [0.4, 0.5) is 0 Å². The summed E-state index contributed by atoms with van der Waals surface area (Å²) in [7, 11) is 0. The molecule has 15 heavy (non-hydrogen) atoms. The highest BCUT2D eigenvalue weighted by molar-refractivity contribution is 9.09. The highest BCUT2D eigenvalue weighted by Gasteiger charge is 2.57. The summed E-state index contributed by atoms with van der Waals surface area (Å²) in [6.07, 6.45) is 0. The van der Waals surface area contributed by atoms with E-state index in [4.69, 9.17) is 0 Å². The predicted molar refractivity (Wildman–Crippen MR) is 69.7 cm³/mol. The van der Waals surface area contributed by atoms with Crippen LogP contribution in [0.2, 0.25) is 0 Å². The maximum atomic E-state index is 3.64. The van der Waals surface area contributed by atoms with Crippen molar-refractivity contribution in [3.05, 3.63) is 34.9 Å². The third kappa shape index (κ3) is 1.65. The van der Waals surface area contributed by atoms with Gasteiger partial charge in [0.05, 0.1) is 0 Å². The second-order valence-electron chi connectivity index (χ2n) is 5.37. The Hall–Kier alpha value is -0.300. The van der Waals surface area contributed by atoms with Gasteiger partial charge in [0, 0.05) is 5.33 Å². The van der Waals surface area contributed by atoms with Gasteiger partial charge in [-0.05, 0) is 47.8 Å². The lowest BCUT2D eigenvalue weighted by atomic mass is 9.94. The molecule has 0 aromatic heterocycles. The highest BCUT2D eigenvalue weighted by Crippen LogP contribution is 2.65. The van der Waals surface area contributed by atoms with Crippen molar-refractivity contribution >= 4 is 15.9 Å². The van der Waals surface area contributed by atoms with Gasteiger partial charge < -0.3 is 0 Å². The molecule has 82 valence electrons. The molecule has 1 aromatic carbocycles. The fourth-order valence-corrected chi connectivity index (χ4v) is 4.13. The molecule has 0 nitrogen and oxygen atoms in total. The van der Waals surface area contributed by atoms with E-state index in [1.54, 1.807) is 5.56 Å². The maximum Gasteiger partial charge on any atom is 0.00710 e. The molecule has 2 atom stereocenters. The summed E-state index contributed by atoms with van der Waals surface area (Å²) in [5.74, 6) is 1.55. The third-order valence-electron chi connectivity index (χ3n) is 4.07. The first-order valence-corrected chi connectivity index (χ1v) is 6.74. The Kier molecular flexibility index (Phi) is 2.70. The molecule has 0 spiro atoms. The van der Waals surface area contributed by atoms with Gasteiger partial charge in [0.2, 0.25) is 0 Å². The molecule has 1 aliphatic rings. The van der Waals surface area contributed by atoms with E-state index in [0.717, 1.165) is 17.2 Å². The topological polar surface area (TPSA) is 0 Å². The largest absolute Gasteiger partial charge is 0.0925 e. The SMILES string of the molecule is Cc1cccc(C)c1C1C(CBr)C1(C)C. The van der Waals surface area contributed by atoms with Crippen molar-refractivity contribution in [2.45, 2.75) is 33.6 Å². The van der Waals surface area contributed by atoms with E-state index in [1.165, 1.54) is 11.1 Å². The Morgan fingerprint density at radius 1 is 1.20 bits per heavy atom. The molecular weight excluding hydrogens is 248 g/mol. The second kappa shape index (κ2) is 3.62. The molecule has 0 saturated heterocycles. The molecule has 1 fully saturated rings. The number of benzene rings is 1. The highest BCUT2D eigenvalue weighted by atomic mass is 79.9. The minimum atomic E-state index is 0.473. The summed E-state index contributed by atoms with van der Waals surface area (Å²) in [5, 5.41) is 1.12. The molecule has 1 saturated carbocycles. The van der Waals surface area contributed by atoms with E-state index in [0.29, 0.717) is 5.41 Å². The van der Waals surface area contributed by atoms with Crippen LogP contribution in [0.15, 0.2) is 18.2 Å². The van der Waals surface area contributed by atoms with Crippen LogP contribution in [-0.4, -0.2) is 5.33 Å². The molecule has 1 aromatic rings. The Labute approximate surface area is 101 Å². The zero-order valence-electron chi connectivity index (χ0n) is 9.97. The van der Waals surface area contributed by atoms with Crippen LogP contribution in [-0.2, 0) is 0 Å². The van der Waals surface area contributed by atoms with Gasteiger partial charge in [0.25, 0.3) is 0 Å². The molecule has 0 aliphatic heterocycles. The van der Waals surface area contributed by atoms with Crippen molar-refractivity contribution in [1.29, 1.82) is 0 Å². The molecular formula is C14H19Br. The van der Waals surface area contributed by atoms with E-state index in [2.05, 4.69) is 61.8 Å². The molecule has 0 heterocycles. The first-order valence-electron chi connectivity index (χ1n) is 5.62. The standard InChI is InChI=1S/C14H19Br/c1-9-6-5-7-10(2)12(9)13-11(8-15)14(13,3)4/h5-7,11,13H,8H2,1-4H3. The lowest BCUT2D eigenvalue weighted by Crippen LogP contribution is -1.95. The predicted octanol–water partition coefficient (Wildman–Crippen LogP) is 4.44. The maximum absolute atomic E-state index is 3.64. The number of hydrogen-bond donors (Lipinski definition) is 0. The van der Waals surface area contributed by atoms with Gasteiger partial charge in [0.15, 0.2) is 0 Å². The fourth-order valence-electron chi connectivity index (χ4n) is 2.92. The van der Waals surface area contributed by atoms with Crippen LogP contribution >= 0.6 is 15.9 Å². The van der Waals surface area contributed by atoms with Crippen molar-refractivity contribution < 1.29 is 0 Å². The van der Waals surface area contributed by atoms with Gasteiger partial charge in [-0.15, -0.1) is 0 Å². The number of hydrogen-bond acceptors (Lipinski definition) is 0. The lowest BCUT2D eigenvalue weighted by Gasteiger charge is -2.10. The Bertz CT molecular complexity index is 359. The molecule has 2 rings (SSSR count). The van der Waals surface area contributed by atoms with Gasteiger partial charge in [-0.2, -0.15) is 0 Å². The van der Waals surface area contributed by atoms with Crippen molar-refractivity contribution in [3.8, 4) is 0 Å². The zero-order chi connectivity index (χ0) is 11.2. The summed E-state index contributed by atoms with van der Waals surface area (Å²) in [6.45, 7) is 9.25. The third-order valence-corrected chi connectivity index (χ3v) is 4.77. The summed E-state index contributed by atoms with van der Waals surface area (Å²) in [4.78, 5) is 0. The minimum absolute atomic E-state index is 0.473. The van der Waals surface area contributed by atoms with Crippen molar-refractivity contribution in [2.24, 2.45) is 11.3 Å². The first kappa shape index (κ1) is 11.2. The molecule has 0 bridgehead atoms. The minimum Gasteiger partial charge on any atom is -0.0925 e. The normalized spacial score (nSPS) is 27.8. The molecule has 0 radical (unpaired) electrons. The summed E-state index contributed by atoms with van der Waals surface area (Å²) >= 11 is 3.64. The zero-order valence-corrected chi connectivity index (χ0v) is 11.6. The van der Waals surface area contributed by atoms with Crippen LogP contribution in [0, 0.1) is 25.2 Å². The molecule has 2 unspecified atom stereocenters. The van der Waals surface area contributed by atoms with Gasteiger partial charge in [-0.1, -0.05) is 48.0 Å². The Morgan fingerprint density at radius 2 is 1.73 bits per heavy atom. The average molecular weight is 267 g/mol. The number of aryl methyl sites for hydroxylation is 2. The average Bonchev–Trinajstić information content (AvgIpc) is 2.68. The smallest absolute Gasteiger partial charge is 0.00710 e. The van der Waals surface area contributed by atoms with E-state index < -0.39 is 0 Å². The van der Waals surface area contributed by atoms with Gasteiger partial charge in [-0.3, -0.25) is 0 Å². The van der Waals surface area contributed by atoms with Crippen molar-refractivity contribution in [3.63, 3.8) is 0 Å². The molecule has 0 amide bonds. The molecule has 1 heteroatoms. The summed E-state index contributed by atoms with van der Waals surface area (Å²) < 4.78 is 0. The number of rotatable bonds is 2. The number of alkyl halides is 1. The van der Waals surface area contributed by atoms with E-state index in [9.17, 15) is 0 Å². The van der Waals surface area contributed by atoms with Crippen molar-refractivity contribution in [2.75, 3.05) is 5.33 Å². The van der Waals surface area contributed by atoms with Gasteiger partial charge >= 0.3 is 0 Å². The van der Waals surface area contributed by atoms with Crippen LogP contribution in [0.1, 0.15) is 36.5 Å².